The molecule has 0 unspecified atom stereocenters. The summed E-state index contributed by atoms with van der Waals surface area (Å²) in [6, 6.07) is 8.96. The summed E-state index contributed by atoms with van der Waals surface area (Å²) in [6.45, 7) is 2.15. The molecule has 0 atom stereocenters. The first kappa shape index (κ1) is 14.5. The third kappa shape index (κ3) is 4.03. The lowest BCUT2D eigenvalue weighted by molar-refractivity contribution is 0.334. The van der Waals surface area contributed by atoms with E-state index in [9.17, 15) is 0 Å². The quantitative estimate of drug-likeness (QED) is 0.381. The maximum atomic E-state index is 3.77. The average Bonchev–Trinajstić information content (AvgIpc) is 2.64. The van der Waals surface area contributed by atoms with Gasteiger partial charge in [-0.15, -0.1) is 11.8 Å². The highest BCUT2D eigenvalue weighted by molar-refractivity contribution is 9.09. The van der Waals surface area contributed by atoms with Crippen LogP contribution in [-0.4, -0.2) is 11.1 Å². The van der Waals surface area contributed by atoms with Crippen LogP contribution in [0.5, 0.6) is 0 Å². The molecule has 2 rings (SSSR count). The number of hydrogen-bond acceptors (Lipinski definition) is 1. The van der Waals surface area contributed by atoms with Gasteiger partial charge in [0, 0.05) is 16.0 Å². The van der Waals surface area contributed by atoms with Crippen molar-refractivity contribution >= 4 is 27.7 Å². The standard InChI is InChI=1S/C16H23BrS/c1-14-6-8-15(9-7-14)18-13-16(12-17)10-4-2-3-5-11-16/h6-9H,2-5,10-13H2,1H3. The first-order chi connectivity index (χ1) is 8.74. The topological polar surface area (TPSA) is 0 Å². The predicted molar refractivity (Wildman–Crippen MR) is 85.8 cm³/mol. The maximum absolute atomic E-state index is 3.77. The molecule has 2 heteroatoms. The number of aryl methyl sites for hydroxylation is 1. The largest absolute Gasteiger partial charge is 0.126 e. The van der Waals surface area contributed by atoms with E-state index in [4.69, 9.17) is 0 Å². The van der Waals surface area contributed by atoms with E-state index in [1.807, 2.05) is 11.8 Å². The molecule has 1 aliphatic carbocycles. The van der Waals surface area contributed by atoms with E-state index >= 15 is 0 Å². The van der Waals surface area contributed by atoms with E-state index in [-0.39, 0.29) is 0 Å². The summed E-state index contributed by atoms with van der Waals surface area (Å²) >= 11 is 5.81. The highest BCUT2D eigenvalue weighted by Gasteiger charge is 2.29. The summed E-state index contributed by atoms with van der Waals surface area (Å²) in [4.78, 5) is 1.42. The van der Waals surface area contributed by atoms with Crippen LogP contribution in [0.2, 0.25) is 0 Å². The minimum atomic E-state index is 0.534. The van der Waals surface area contributed by atoms with Crippen molar-refractivity contribution in [3.05, 3.63) is 29.8 Å². The SMILES string of the molecule is Cc1ccc(SCC2(CBr)CCCCCC2)cc1. The Hall–Kier alpha value is 0.0500. The number of alkyl halides is 1. The fourth-order valence-corrected chi connectivity index (χ4v) is 4.88. The second-order valence-corrected chi connectivity index (χ2v) is 7.26. The van der Waals surface area contributed by atoms with Crippen LogP contribution in [0.15, 0.2) is 29.2 Å². The van der Waals surface area contributed by atoms with Crippen molar-refractivity contribution in [1.29, 1.82) is 0 Å². The van der Waals surface area contributed by atoms with Crippen molar-refractivity contribution in [3.8, 4) is 0 Å². The third-order valence-electron chi connectivity index (χ3n) is 4.01. The van der Waals surface area contributed by atoms with E-state index in [1.54, 1.807) is 0 Å². The molecular weight excluding hydrogens is 304 g/mol. The fraction of sp³-hybridized carbons (Fsp3) is 0.625. The summed E-state index contributed by atoms with van der Waals surface area (Å²) in [6.07, 6.45) is 8.50. The van der Waals surface area contributed by atoms with Gasteiger partial charge < -0.3 is 0 Å². The highest BCUT2D eigenvalue weighted by atomic mass is 79.9. The van der Waals surface area contributed by atoms with Gasteiger partial charge in [-0.05, 0) is 37.3 Å². The zero-order chi connectivity index (χ0) is 12.8. The van der Waals surface area contributed by atoms with E-state index in [2.05, 4.69) is 47.1 Å². The first-order valence-electron chi connectivity index (χ1n) is 7.00. The van der Waals surface area contributed by atoms with Gasteiger partial charge in [-0.3, -0.25) is 0 Å². The molecule has 0 radical (unpaired) electrons. The molecule has 1 aromatic rings. The van der Waals surface area contributed by atoms with Gasteiger partial charge in [0.25, 0.3) is 0 Å². The van der Waals surface area contributed by atoms with Gasteiger partial charge in [0.2, 0.25) is 0 Å². The van der Waals surface area contributed by atoms with E-state index < -0.39 is 0 Å². The van der Waals surface area contributed by atoms with Gasteiger partial charge >= 0.3 is 0 Å². The Morgan fingerprint density at radius 2 is 1.67 bits per heavy atom. The highest BCUT2D eigenvalue weighted by Crippen LogP contribution is 2.40. The third-order valence-corrected chi connectivity index (χ3v) is 6.57. The van der Waals surface area contributed by atoms with Crippen LogP contribution in [0.3, 0.4) is 0 Å². The molecule has 0 aromatic heterocycles. The van der Waals surface area contributed by atoms with E-state index in [0.29, 0.717) is 5.41 Å². The van der Waals surface area contributed by atoms with Crippen LogP contribution < -0.4 is 0 Å². The minimum Gasteiger partial charge on any atom is -0.126 e. The Morgan fingerprint density at radius 1 is 1.06 bits per heavy atom. The van der Waals surface area contributed by atoms with E-state index in [1.165, 1.54) is 60.1 Å². The molecule has 1 aliphatic rings. The van der Waals surface area contributed by atoms with Gasteiger partial charge in [0.15, 0.2) is 0 Å². The molecule has 0 saturated heterocycles. The predicted octanol–water partition coefficient (Wildman–Crippen LogP) is 5.82. The molecule has 1 saturated carbocycles. The van der Waals surface area contributed by atoms with Crippen molar-refractivity contribution in [2.45, 2.75) is 50.3 Å². The smallest absolute Gasteiger partial charge is 0.00959 e. The monoisotopic (exact) mass is 326 g/mol. The lowest BCUT2D eigenvalue weighted by Crippen LogP contribution is -2.25. The van der Waals surface area contributed by atoms with Crippen LogP contribution in [0, 0.1) is 12.3 Å². The molecule has 1 fully saturated rings. The summed E-state index contributed by atoms with van der Waals surface area (Å²) in [5.41, 5.74) is 1.88. The molecule has 0 N–H and O–H groups in total. The maximum Gasteiger partial charge on any atom is 0.00959 e. The number of rotatable bonds is 4. The lowest BCUT2D eigenvalue weighted by Gasteiger charge is -2.30. The zero-order valence-electron chi connectivity index (χ0n) is 11.3. The molecule has 1 aromatic carbocycles. The Balaban J connectivity index is 1.95. The number of benzene rings is 1. The van der Waals surface area contributed by atoms with E-state index in [0.717, 1.165) is 0 Å². The van der Waals surface area contributed by atoms with Crippen molar-refractivity contribution < 1.29 is 0 Å². The molecule has 0 heterocycles. The summed E-state index contributed by atoms with van der Waals surface area (Å²) in [5, 5.41) is 1.17. The summed E-state index contributed by atoms with van der Waals surface area (Å²) < 4.78 is 0. The van der Waals surface area contributed by atoms with Crippen molar-refractivity contribution in [3.63, 3.8) is 0 Å². The van der Waals surface area contributed by atoms with Crippen molar-refractivity contribution in [2.75, 3.05) is 11.1 Å². The van der Waals surface area contributed by atoms with Gasteiger partial charge in [0.05, 0.1) is 0 Å². The second kappa shape index (κ2) is 7.00. The lowest BCUT2D eigenvalue weighted by atomic mass is 9.85. The molecule has 100 valence electrons. The molecule has 0 bridgehead atoms. The zero-order valence-corrected chi connectivity index (χ0v) is 13.7. The fourth-order valence-electron chi connectivity index (χ4n) is 2.67. The number of hydrogen-bond donors (Lipinski definition) is 0. The molecule has 0 nitrogen and oxygen atoms in total. The number of thioether (sulfide) groups is 1. The van der Waals surface area contributed by atoms with Crippen molar-refractivity contribution in [2.24, 2.45) is 5.41 Å². The van der Waals surface area contributed by atoms with Crippen LogP contribution >= 0.6 is 27.7 Å². The molecule has 18 heavy (non-hydrogen) atoms. The van der Waals surface area contributed by atoms with Crippen LogP contribution in [0.25, 0.3) is 0 Å². The molecule has 0 spiro atoms. The Kier molecular flexibility index (Phi) is 5.62. The Bertz CT molecular complexity index is 350. The molecule has 0 aliphatic heterocycles. The first-order valence-corrected chi connectivity index (χ1v) is 9.10. The molecular formula is C16H23BrS. The van der Waals surface area contributed by atoms with Crippen LogP contribution in [0.4, 0.5) is 0 Å². The molecule has 0 amide bonds. The summed E-state index contributed by atoms with van der Waals surface area (Å²) in [5.74, 6) is 1.27. The van der Waals surface area contributed by atoms with Gasteiger partial charge in [-0.2, -0.15) is 0 Å². The number of halogens is 1. The summed E-state index contributed by atoms with van der Waals surface area (Å²) in [7, 11) is 0. The van der Waals surface area contributed by atoms with Crippen LogP contribution in [-0.2, 0) is 0 Å². The normalized spacial score (nSPS) is 19.4. The van der Waals surface area contributed by atoms with Gasteiger partial charge in [0.1, 0.15) is 0 Å². The van der Waals surface area contributed by atoms with Gasteiger partial charge in [-0.1, -0.05) is 59.3 Å². The minimum absolute atomic E-state index is 0.534. The van der Waals surface area contributed by atoms with Crippen molar-refractivity contribution in [1.82, 2.24) is 0 Å². The van der Waals surface area contributed by atoms with Crippen LogP contribution in [0.1, 0.15) is 44.1 Å². The van der Waals surface area contributed by atoms with Gasteiger partial charge in [-0.25, -0.2) is 0 Å². The average molecular weight is 327 g/mol. The Labute approximate surface area is 124 Å². The second-order valence-electron chi connectivity index (χ2n) is 5.65. The Morgan fingerprint density at radius 3 is 2.22 bits per heavy atom.